The van der Waals surface area contributed by atoms with Gasteiger partial charge in [0.15, 0.2) is 11.5 Å². The number of nitrogens with one attached hydrogen (secondary N) is 1. The molecule has 0 bridgehead atoms. The molecule has 1 amide bonds. The number of nitro groups is 1. The van der Waals surface area contributed by atoms with Crippen LogP contribution in [0.4, 0.5) is 5.69 Å². The van der Waals surface area contributed by atoms with Crippen LogP contribution in [-0.2, 0) is 6.61 Å². The summed E-state index contributed by atoms with van der Waals surface area (Å²) in [4.78, 5) is 22.5. The SMILES string of the molecule is COc1cc(/C=N\NC(=O)c2ccc(I)cc2)cc(I)c1OCc1ccc([N+](=O)[O-])cc1. The van der Waals surface area contributed by atoms with Crippen molar-refractivity contribution in [3.05, 3.63) is 94.6 Å². The summed E-state index contributed by atoms with van der Waals surface area (Å²) >= 11 is 4.30. The van der Waals surface area contributed by atoms with Gasteiger partial charge in [0.05, 0.1) is 21.8 Å². The number of hydrogen-bond donors (Lipinski definition) is 1. The highest BCUT2D eigenvalue weighted by Gasteiger charge is 2.12. The maximum atomic E-state index is 12.2. The average Bonchev–Trinajstić information content (AvgIpc) is 2.78. The van der Waals surface area contributed by atoms with Crippen LogP contribution in [0.15, 0.2) is 65.8 Å². The van der Waals surface area contributed by atoms with Crippen molar-refractivity contribution in [3.8, 4) is 11.5 Å². The normalized spacial score (nSPS) is 10.7. The van der Waals surface area contributed by atoms with Crippen LogP contribution < -0.4 is 14.9 Å². The molecule has 0 aromatic heterocycles. The lowest BCUT2D eigenvalue weighted by Gasteiger charge is -2.13. The second kappa shape index (κ2) is 11.2. The summed E-state index contributed by atoms with van der Waals surface area (Å²) in [6.45, 7) is 0.226. The number of hydrazone groups is 1. The van der Waals surface area contributed by atoms with Crippen LogP contribution in [0.5, 0.6) is 11.5 Å². The van der Waals surface area contributed by atoms with Crippen LogP contribution in [0, 0.1) is 17.3 Å². The van der Waals surface area contributed by atoms with E-state index < -0.39 is 4.92 Å². The highest BCUT2D eigenvalue weighted by atomic mass is 127. The second-order valence-corrected chi connectivity index (χ2v) is 8.86. The molecule has 0 atom stereocenters. The predicted molar refractivity (Wildman–Crippen MR) is 137 cm³/mol. The first kappa shape index (κ1) is 23.9. The van der Waals surface area contributed by atoms with E-state index >= 15 is 0 Å². The maximum Gasteiger partial charge on any atom is 0.271 e. The van der Waals surface area contributed by atoms with Gasteiger partial charge in [-0.3, -0.25) is 14.9 Å². The largest absolute Gasteiger partial charge is 0.493 e. The monoisotopic (exact) mass is 657 g/mol. The second-order valence-electron chi connectivity index (χ2n) is 6.45. The molecule has 0 unspecified atom stereocenters. The summed E-state index contributed by atoms with van der Waals surface area (Å²) in [5.41, 5.74) is 4.56. The van der Waals surface area contributed by atoms with Gasteiger partial charge in [0.25, 0.3) is 11.6 Å². The van der Waals surface area contributed by atoms with Gasteiger partial charge in [0.1, 0.15) is 6.61 Å². The van der Waals surface area contributed by atoms with Crippen molar-refractivity contribution >= 4 is 63.0 Å². The molecule has 0 saturated carbocycles. The summed E-state index contributed by atoms with van der Waals surface area (Å²) in [6.07, 6.45) is 1.52. The fraction of sp³-hybridized carbons (Fsp3) is 0.0909. The van der Waals surface area contributed by atoms with Crippen molar-refractivity contribution in [1.29, 1.82) is 0 Å². The Morgan fingerprint density at radius 1 is 1.12 bits per heavy atom. The summed E-state index contributed by atoms with van der Waals surface area (Å²) in [7, 11) is 1.53. The highest BCUT2D eigenvalue weighted by molar-refractivity contribution is 14.1. The zero-order chi connectivity index (χ0) is 23.1. The molecule has 32 heavy (non-hydrogen) atoms. The van der Waals surface area contributed by atoms with Gasteiger partial charge >= 0.3 is 0 Å². The summed E-state index contributed by atoms with van der Waals surface area (Å²) in [6, 6.07) is 16.9. The Kier molecular flexibility index (Phi) is 8.39. The first-order valence-electron chi connectivity index (χ1n) is 9.20. The van der Waals surface area contributed by atoms with Gasteiger partial charge in [0, 0.05) is 21.3 Å². The average molecular weight is 657 g/mol. The molecule has 8 nitrogen and oxygen atoms in total. The van der Waals surface area contributed by atoms with Crippen LogP contribution in [-0.4, -0.2) is 24.2 Å². The number of amides is 1. The lowest BCUT2D eigenvalue weighted by Crippen LogP contribution is -2.17. The lowest BCUT2D eigenvalue weighted by molar-refractivity contribution is -0.384. The molecule has 164 valence electrons. The van der Waals surface area contributed by atoms with Gasteiger partial charge < -0.3 is 9.47 Å². The number of halogens is 2. The fourth-order valence-corrected chi connectivity index (χ4v) is 3.80. The zero-order valence-electron chi connectivity index (χ0n) is 16.7. The molecule has 10 heteroatoms. The number of nitro benzene ring substituents is 1. The molecule has 0 radical (unpaired) electrons. The molecule has 0 heterocycles. The van der Waals surface area contributed by atoms with Crippen molar-refractivity contribution in [2.45, 2.75) is 6.61 Å². The zero-order valence-corrected chi connectivity index (χ0v) is 21.1. The first-order chi connectivity index (χ1) is 15.4. The fourth-order valence-electron chi connectivity index (χ4n) is 2.66. The predicted octanol–water partition coefficient (Wildman–Crippen LogP) is 5.16. The van der Waals surface area contributed by atoms with Crippen molar-refractivity contribution < 1.29 is 19.2 Å². The molecule has 1 N–H and O–H groups in total. The number of ether oxygens (including phenoxy) is 2. The topological polar surface area (TPSA) is 103 Å². The number of non-ortho nitro benzene ring substituents is 1. The number of carbonyl (C=O) groups excluding carboxylic acids is 1. The van der Waals surface area contributed by atoms with E-state index in [0.29, 0.717) is 17.1 Å². The van der Waals surface area contributed by atoms with E-state index in [4.69, 9.17) is 9.47 Å². The van der Waals surface area contributed by atoms with Gasteiger partial charge in [-0.05, 0) is 105 Å². The van der Waals surface area contributed by atoms with E-state index in [1.807, 2.05) is 18.2 Å². The quantitative estimate of drug-likeness (QED) is 0.156. The number of hydrogen-bond acceptors (Lipinski definition) is 6. The van der Waals surface area contributed by atoms with Crippen molar-refractivity contribution in [2.24, 2.45) is 5.10 Å². The molecule has 0 fully saturated rings. The van der Waals surface area contributed by atoms with E-state index in [1.54, 1.807) is 30.3 Å². The van der Waals surface area contributed by atoms with Gasteiger partial charge in [-0.25, -0.2) is 5.43 Å². The van der Waals surface area contributed by atoms with E-state index in [9.17, 15) is 14.9 Å². The van der Waals surface area contributed by atoms with Gasteiger partial charge in [0.2, 0.25) is 0 Å². The summed E-state index contributed by atoms with van der Waals surface area (Å²) < 4.78 is 13.2. The van der Waals surface area contributed by atoms with E-state index in [0.717, 1.165) is 18.3 Å². The number of rotatable bonds is 8. The molecule has 3 rings (SSSR count). The minimum Gasteiger partial charge on any atom is -0.493 e. The van der Waals surface area contributed by atoms with Crippen molar-refractivity contribution in [3.63, 3.8) is 0 Å². The molecule has 3 aromatic carbocycles. The standard InChI is InChI=1S/C22H17I2N3O5/c1-31-20-11-15(12-25-26-22(28)16-4-6-17(23)7-5-16)10-19(24)21(20)32-13-14-2-8-18(9-3-14)27(29)30/h2-12H,13H2,1H3,(H,26,28)/b25-12-. The van der Waals surface area contributed by atoms with Crippen LogP contribution in [0.1, 0.15) is 21.5 Å². The van der Waals surface area contributed by atoms with E-state index in [2.05, 4.69) is 55.7 Å². The third kappa shape index (κ3) is 6.38. The number of carbonyl (C=O) groups is 1. The van der Waals surface area contributed by atoms with Gasteiger partial charge in [-0.1, -0.05) is 0 Å². The Morgan fingerprint density at radius 3 is 2.44 bits per heavy atom. The Bertz CT molecular complexity index is 1150. The molecular weight excluding hydrogens is 640 g/mol. The highest BCUT2D eigenvalue weighted by Crippen LogP contribution is 2.34. The van der Waals surface area contributed by atoms with Crippen molar-refractivity contribution in [2.75, 3.05) is 7.11 Å². The Morgan fingerprint density at radius 2 is 1.81 bits per heavy atom. The molecule has 0 saturated heterocycles. The molecule has 0 aliphatic carbocycles. The minimum atomic E-state index is -0.445. The Balaban J connectivity index is 1.67. The smallest absolute Gasteiger partial charge is 0.271 e. The number of methoxy groups -OCH3 is 1. The first-order valence-corrected chi connectivity index (χ1v) is 11.4. The van der Waals surface area contributed by atoms with Crippen LogP contribution in [0.25, 0.3) is 0 Å². The molecule has 3 aromatic rings. The minimum absolute atomic E-state index is 0.0265. The molecule has 0 spiro atoms. The van der Waals surface area contributed by atoms with Gasteiger partial charge in [-0.15, -0.1) is 0 Å². The van der Waals surface area contributed by atoms with Crippen LogP contribution in [0.2, 0.25) is 0 Å². The summed E-state index contributed by atoms with van der Waals surface area (Å²) in [5, 5.41) is 14.8. The molecule has 0 aliphatic heterocycles. The lowest BCUT2D eigenvalue weighted by atomic mass is 10.2. The third-order valence-electron chi connectivity index (χ3n) is 4.27. The summed E-state index contributed by atoms with van der Waals surface area (Å²) in [5.74, 6) is 0.748. The van der Waals surface area contributed by atoms with Gasteiger partial charge in [-0.2, -0.15) is 5.10 Å². The third-order valence-corrected chi connectivity index (χ3v) is 5.79. The van der Waals surface area contributed by atoms with E-state index in [1.165, 1.54) is 25.5 Å². The maximum absolute atomic E-state index is 12.2. The Labute approximate surface area is 211 Å². The van der Waals surface area contributed by atoms with Crippen LogP contribution in [0.3, 0.4) is 0 Å². The Hall–Kier alpha value is -2.74. The molecule has 0 aliphatic rings. The van der Waals surface area contributed by atoms with Crippen LogP contribution >= 0.6 is 45.2 Å². The number of nitrogens with zero attached hydrogens (tertiary/aromatic N) is 2. The van der Waals surface area contributed by atoms with E-state index in [-0.39, 0.29) is 18.2 Å². The molecular formula is C22H17I2N3O5. The van der Waals surface area contributed by atoms with Crippen molar-refractivity contribution in [1.82, 2.24) is 5.43 Å². The number of benzene rings is 3.